The van der Waals surface area contributed by atoms with Crippen LogP contribution in [0.1, 0.15) is 28.1 Å². The molecular weight excluding hydrogens is 1510 g/mol. The summed E-state index contributed by atoms with van der Waals surface area (Å²) in [7, 11) is 6.30. The number of anilines is 9. The number of rotatable bonds is 8. The molecule has 122 heavy (non-hydrogen) atoms. The SMILES string of the molecule is CN1c2ccccc2N(c2ccccc2)c2ccccc21.CN1c2ccccc2Oc2ccccc21.CN1c2ccccc2Sc2ccccc21.Cc1cc(-c2ccccc2)cc(-c2cc(-c3ccccc3)nc(-c3ccccc3)n2)c1.Cc1cc(C)cc(-c2cc(-c3ccccc3)nc(-c3ccccc3)n2)c1.Cc1ccncn1.Cc1cnccn1. The van der Waals surface area contributed by atoms with Crippen molar-refractivity contribution in [3.05, 3.63) is 441 Å². The van der Waals surface area contributed by atoms with Crippen molar-refractivity contribution in [2.75, 3.05) is 40.7 Å². The van der Waals surface area contributed by atoms with Crippen molar-refractivity contribution >= 4 is 62.9 Å². The Kier molecular flexibility index (Phi) is 26.7. The first kappa shape index (κ1) is 81.9. The van der Waals surface area contributed by atoms with E-state index in [1.54, 1.807) is 24.8 Å². The van der Waals surface area contributed by atoms with Crippen LogP contribution < -0.4 is 24.3 Å². The Bertz CT molecular complexity index is 6050. The Labute approximate surface area is 719 Å². The zero-order valence-electron chi connectivity index (χ0n) is 69.4. The fourth-order valence-corrected chi connectivity index (χ4v) is 15.6. The third kappa shape index (κ3) is 20.5. The molecule has 7 heterocycles. The summed E-state index contributed by atoms with van der Waals surface area (Å²) < 4.78 is 5.81. The van der Waals surface area contributed by atoms with Gasteiger partial charge in [0.05, 0.1) is 74.0 Å². The first-order chi connectivity index (χ1) is 59.8. The van der Waals surface area contributed by atoms with Gasteiger partial charge in [-0.1, -0.05) is 278 Å². The van der Waals surface area contributed by atoms with Gasteiger partial charge in [-0.15, -0.1) is 0 Å². The predicted molar refractivity (Wildman–Crippen MR) is 505 cm³/mol. The lowest BCUT2D eigenvalue weighted by atomic mass is 9.98. The molecular formula is C108H92N12OS. The number of para-hydroxylation sites is 11. The fourth-order valence-electron chi connectivity index (χ4n) is 14.5. The van der Waals surface area contributed by atoms with Gasteiger partial charge in [-0.2, -0.15) is 0 Å². The van der Waals surface area contributed by atoms with Crippen LogP contribution in [0.2, 0.25) is 0 Å². The fraction of sp³-hybridized carbons (Fsp3) is 0.0741. The van der Waals surface area contributed by atoms with Gasteiger partial charge in [-0.3, -0.25) is 9.97 Å². The minimum atomic E-state index is 0.736. The molecule has 3 aliphatic rings. The maximum atomic E-state index is 5.81. The second-order valence-electron chi connectivity index (χ2n) is 29.3. The van der Waals surface area contributed by atoms with E-state index in [-0.39, 0.29) is 0 Å². The van der Waals surface area contributed by atoms with Crippen LogP contribution in [0.5, 0.6) is 11.5 Å². The first-order valence-corrected chi connectivity index (χ1v) is 41.3. The van der Waals surface area contributed by atoms with Gasteiger partial charge < -0.3 is 24.3 Å². The highest BCUT2D eigenvalue weighted by molar-refractivity contribution is 7.99. The van der Waals surface area contributed by atoms with Gasteiger partial charge in [0.2, 0.25) is 0 Å². The summed E-state index contributed by atoms with van der Waals surface area (Å²) in [4.78, 5) is 46.5. The second kappa shape index (κ2) is 39.8. The van der Waals surface area contributed by atoms with Crippen LogP contribution in [0, 0.1) is 34.6 Å². The van der Waals surface area contributed by atoms with Crippen LogP contribution in [0.15, 0.2) is 423 Å². The molecule has 0 radical (unpaired) electrons. The summed E-state index contributed by atoms with van der Waals surface area (Å²) in [6, 6.07) is 131. The van der Waals surface area contributed by atoms with Crippen molar-refractivity contribution in [3.63, 3.8) is 0 Å². The lowest BCUT2D eigenvalue weighted by molar-refractivity contribution is 0.475. The number of fused-ring (bicyclic) bond motifs is 6. The van der Waals surface area contributed by atoms with Crippen molar-refractivity contribution in [3.8, 4) is 90.4 Å². The van der Waals surface area contributed by atoms with Gasteiger partial charge in [-0.05, 0) is 179 Å². The zero-order valence-corrected chi connectivity index (χ0v) is 70.3. The molecule has 14 aromatic carbocycles. The Morgan fingerprint density at radius 3 is 1.02 bits per heavy atom. The van der Waals surface area contributed by atoms with Crippen LogP contribution in [-0.4, -0.2) is 61.0 Å². The van der Waals surface area contributed by atoms with Crippen LogP contribution in [-0.2, 0) is 0 Å². The summed E-state index contributed by atoms with van der Waals surface area (Å²) in [5.74, 6) is 3.32. The molecule has 0 saturated carbocycles. The average Bonchev–Trinajstić information content (AvgIpc) is 0.751. The standard InChI is InChI=1S/C29H22N2.C24H20N2.C19H16N2.C13H11NO.C13H11NS.2C5H6N2/c1-21-17-25(22-11-5-2-6-12-22)19-26(18-21)28-20-27(23-13-7-3-8-14-23)30-29(31-28)24-15-9-4-10-16-24;1-17-13-18(2)15-21(14-17)23-16-22(19-9-5-3-6-10-19)25-24(26-23)20-11-7-4-8-12-20;1-20-16-11-5-7-13-18(16)21(15-9-3-2-4-10-15)19-14-8-6-12-17(19)20;2*1-14-10-6-2-4-8-12(10)15-13-9-5-3-7-11(13)14;1-5-4-6-2-3-7-5;1-5-2-3-6-4-7-5/h2-20H,1H3;3-16H,1-2H3;2-14H,1H3;2*2-9H,1H3;2*2-4H,1H3. The molecule has 13 nitrogen and oxygen atoms in total. The molecule has 14 heteroatoms. The largest absolute Gasteiger partial charge is 0.453 e. The monoisotopic (exact) mass is 1600 g/mol. The molecule has 18 aromatic rings. The number of hydrogen-bond acceptors (Lipinski definition) is 14. The Balaban J connectivity index is 0.000000116. The minimum Gasteiger partial charge on any atom is -0.453 e. The lowest BCUT2D eigenvalue weighted by Gasteiger charge is -2.38. The van der Waals surface area contributed by atoms with Crippen molar-refractivity contribution in [2.24, 2.45) is 0 Å². The van der Waals surface area contributed by atoms with Gasteiger partial charge in [0.15, 0.2) is 23.1 Å². The van der Waals surface area contributed by atoms with Gasteiger partial charge in [-0.25, -0.2) is 29.9 Å². The molecule has 0 amide bonds. The highest BCUT2D eigenvalue weighted by Gasteiger charge is 2.27. The maximum Gasteiger partial charge on any atom is 0.160 e. The van der Waals surface area contributed by atoms with E-state index < -0.39 is 0 Å². The molecule has 0 N–H and O–H groups in total. The third-order valence-electron chi connectivity index (χ3n) is 20.4. The van der Waals surface area contributed by atoms with Crippen molar-refractivity contribution in [2.45, 2.75) is 44.4 Å². The molecule has 4 aromatic heterocycles. The van der Waals surface area contributed by atoms with E-state index >= 15 is 0 Å². The number of hydrogen-bond donors (Lipinski definition) is 0. The quantitative estimate of drug-likeness (QED) is 0.143. The highest BCUT2D eigenvalue weighted by Crippen LogP contribution is 2.51. The smallest absolute Gasteiger partial charge is 0.160 e. The highest BCUT2D eigenvalue weighted by atomic mass is 32.2. The van der Waals surface area contributed by atoms with E-state index in [1.807, 2.05) is 147 Å². The van der Waals surface area contributed by atoms with Crippen LogP contribution in [0.25, 0.3) is 78.9 Å². The van der Waals surface area contributed by atoms with E-state index in [1.165, 1.54) is 83.7 Å². The molecule has 0 saturated heterocycles. The van der Waals surface area contributed by atoms with Crippen molar-refractivity contribution in [1.82, 2.24) is 39.9 Å². The average molecular weight is 1610 g/mol. The van der Waals surface area contributed by atoms with E-state index in [4.69, 9.17) is 24.7 Å². The van der Waals surface area contributed by atoms with Crippen molar-refractivity contribution < 1.29 is 4.74 Å². The van der Waals surface area contributed by atoms with Gasteiger partial charge in [0.1, 0.15) is 6.33 Å². The molecule has 0 aliphatic carbocycles. The van der Waals surface area contributed by atoms with Crippen LogP contribution in [0.3, 0.4) is 0 Å². The molecule has 596 valence electrons. The number of aromatic nitrogens is 8. The lowest BCUT2D eigenvalue weighted by Crippen LogP contribution is -2.23. The topological polar surface area (TPSA) is 125 Å². The summed E-state index contributed by atoms with van der Waals surface area (Å²) in [5, 5.41) is 0. The molecule has 0 bridgehead atoms. The number of nitrogens with zero attached hydrogens (tertiary/aromatic N) is 12. The molecule has 3 aliphatic heterocycles. The summed E-state index contributed by atoms with van der Waals surface area (Å²) in [6.45, 7) is 10.2. The van der Waals surface area contributed by atoms with Gasteiger partial charge in [0, 0.05) is 100 Å². The number of aryl methyl sites for hydroxylation is 5. The maximum absolute atomic E-state index is 5.81. The van der Waals surface area contributed by atoms with E-state index in [2.05, 4.69) is 342 Å². The second-order valence-corrected chi connectivity index (χ2v) is 30.4. The summed E-state index contributed by atoms with van der Waals surface area (Å²) in [5.41, 5.74) is 29.1. The van der Waals surface area contributed by atoms with E-state index in [0.29, 0.717) is 0 Å². The predicted octanol–water partition coefficient (Wildman–Crippen LogP) is 27.8. The van der Waals surface area contributed by atoms with E-state index in [9.17, 15) is 0 Å². The third-order valence-corrected chi connectivity index (χ3v) is 21.5. The van der Waals surface area contributed by atoms with E-state index in [0.717, 1.165) is 102 Å². The Morgan fingerprint density at radius 2 is 0.607 bits per heavy atom. The van der Waals surface area contributed by atoms with Gasteiger partial charge >= 0.3 is 0 Å². The number of ether oxygens (including phenoxy) is 1. The normalized spacial score (nSPS) is 11.4. The number of benzene rings is 14. The molecule has 0 unspecified atom stereocenters. The molecule has 0 spiro atoms. The zero-order chi connectivity index (χ0) is 83.9. The molecule has 0 atom stereocenters. The van der Waals surface area contributed by atoms with Gasteiger partial charge in [0.25, 0.3) is 0 Å². The Morgan fingerprint density at radius 1 is 0.254 bits per heavy atom. The minimum absolute atomic E-state index is 0.736. The van der Waals surface area contributed by atoms with Crippen molar-refractivity contribution in [1.29, 1.82) is 0 Å². The Hall–Kier alpha value is -15.3. The molecule has 0 fully saturated rings. The van der Waals surface area contributed by atoms with Crippen LogP contribution >= 0.6 is 11.8 Å². The molecule has 21 rings (SSSR count). The summed E-state index contributed by atoms with van der Waals surface area (Å²) in [6.07, 6.45) is 8.32. The first-order valence-electron chi connectivity index (χ1n) is 40.5. The summed E-state index contributed by atoms with van der Waals surface area (Å²) >= 11 is 1.84. The van der Waals surface area contributed by atoms with Crippen LogP contribution in [0.4, 0.5) is 51.2 Å².